The molecule has 0 saturated heterocycles. The van der Waals surface area contributed by atoms with Crippen molar-refractivity contribution >= 4 is 0 Å². The first-order chi connectivity index (χ1) is 8.65. The fraction of sp³-hybridized carbons (Fsp3) is 0.438. The van der Waals surface area contributed by atoms with Gasteiger partial charge in [-0.1, -0.05) is 26.3 Å². The Morgan fingerprint density at radius 2 is 1.89 bits per heavy atom. The van der Waals surface area contributed by atoms with Crippen molar-refractivity contribution < 1.29 is 4.42 Å². The lowest BCUT2D eigenvalue weighted by atomic mass is 10.1. The third-order valence-electron chi connectivity index (χ3n) is 3.34. The van der Waals surface area contributed by atoms with Gasteiger partial charge in [0, 0.05) is 12.0 Å². The summed E-state index contributed by atoms with van der Waals surface area (Å²) in [5.74, 6) is 1.79. The van der Waals surface area contributed by atoms with Crippen molar-refractivity contribution in [3.05, 3.63) is 40.8 Å². The maximum absolute atomic E-state index is 5.89. The molecule has 18 heavy (non-hydrogen) atoms. The molecular formula is C16H21NO. The van der Waals surface area contributed by atoms with E-state index in [1.54, 1.807) is 0 Å². The second-order valence-electron chi connectivity index (χ2n) is 4.79. The largest absolute Gasteiger partial charge is 0.441 e. The maximum Gasteiger partial charge on any atom is 0.226 e. The molecule has 0 bridgehead atoms. The Bertz CT molecular complexity index is 540. The van der Waals surface area contributed by atoms with Crippen LogP contribution in [0.3, 0.4) is 0 Å². The number of hydrogen-bond acceptors (Lipinski definition) is 2. The highest BCUT2D eigenvalue weighted by Gasteiger charge is 2.12. The van der Waals surface area contributed by atoms with Crippen molar-refractivity contribution in [2.75, 3.05) is 0 Å². The second-order valence-corrected chi connectivity index (χ2v) is 4.79. The Labute approximate surface area is 109 Å². The van der Waals surface area contributed by atoms with E-state index in [0.29, 0.717) is 0 Å². The van der Waals surface area contributed by atoms with Crippen LogP contribution in [-0.2, 0) is 12.8 Å². The fourth-order valence-corrected chi connectivity index (χ4v) is 2.09. The second kappa shape index (κ2) is 5.38. The molecule has 2 aromatic rings. The van der Waals surface area contributed by atoms with Crippen LogP contribution in [0.1, 0.15) is 42.8 Å². The molecule has 0 amide bonds. The van der Waals surface area contributed by atoms with Gasteiger partial charge in [-0.25, -0.2) is 4.98 Å². The van der Waals surface area contributed by atoms with Crippen LogP contribution >= 0.6 is 0 Å². The van der Waals surface area contributed by atoms with E-state index in [4.69, 9.17) is 4.42 Å². The topological polar surface area (TPSA) is 26.0 Å². The van der Waals surface area contributed by atoms with Gasteiger partial charge < -0.3 is 4.42 Å². The zero-order valence-electron chi connectivity index (χ0n) is 11.7. The lowest BCUT2D eigenvalue weighted by Gasteiger charge is -2.01. The van der Waals surface area contributed by atoms with Crippen molar-refractivity contribution in [3.63, 3.8) is 0 Å². The smallest absolute Gasteiger partial charge is 0.226 e. The summed E-state index contributed by atoms with van der Waals surface area (Å²) in [5.41, 5.74) is 4.78. The van der Waals surface area contributed by atoms with Crippen LogP contribution in [0.15, 0.2) is 22.6 Å². The van der Waals surface area contributed by atoms with Gasteiger partial charge in [0.1, 0.15) is 5.76 Å². The molecule has 2 nitrogen and oxygen atoms in total. The number of oxazole rings is 1. The van der Waals surface area contributed by atoms with Crippen LogP contribution in [0, 0.1) is 13.8 Å². The molecule has 2 rings (SSSR count). The number of benzene rings is 1. The molecular weight excluding hydrogens is 222 g/mol. The molecule has 1 aromatic heterocycles. The minimum absolute atomic E-state index is 0.762. The third kappa shape index (κ3) is 2.47. The molecule has 0 radical (unpaired) electrons. The zero-order valence-corrected chi connectivity index (χ0v) is 11.7. The van der Waals surface area contributed by atoms with E-state index in [1.807, 2.05) is 0 Å². The third-order valence-corrected chi connectivity index (χ3v) is 3.34. The summed E-state index contributed by atoms with van der Waals surface area (Å²) in [6, 6.07) is 6.36. The molecule has 0 aliphatic rings. The lowest BCUT2D eigenvalue weighted by molar-refractivity contribution is 0.520. The van der Waals surface area contributed by atoms with Crippen molar-refractivity contribution in [3.8, 4) is 11.5 Å². The fourth-order valence-electron chi connectivity index (χ4n) is 2.09. The van der Waals surface area contributed by atoms with Gasteiger partial charge in [-0.05, 0) is 43.5 Å². The predicted octanol–water partition coefficient (Wildman–Crippen LogP) is 4.47. The van der Waals surface area contributed by atoms with Gasteiger partial charge >= 0.3 is 0 Å². The summed E-state index contributed by atoms with van der Waals surface area (Å²) < 4.78 is 5.89. The Balaban J connectivity index is 2.40. The van der Waals surface area contributed by atoms with Crippen LogP contribution in [-0.4, -0.2) is 4.98 Å². The molecule has 0 fully saturated rings. The Kier molecular flexibility index (Phi) is 3.85. The van der Waals surface area contributed by atoms with Crippen LogP contribution in [0.5, 0.6) is 0 Å². The minimum Gasteiger partial charge on any atom is -0.441 e. The van der Waals surface area contributed by atoms with Crippen molar-refractivity contribution in [2.45, 2.75) is 47.0 Å². The SMILES string of the molecule is CCCc1nc(-c2ccc(C)c(C)c2)oc1CC. The molecule has 0 N–H and O–H groups in total. The van der Waals surface area contributed by atoms with Gasteiger partial charge in [0.25, 0.3) is 0 Å². The van der Waals surface area contributed by atoms with E-state index in [2.05, 4.69) is 50.9 Å². The monoisotopic (exact) mass is 243 g/mol. The molecule has 0 atom stereocenters. The summed E-state index contributed by atoms with van der Waals surface area (Å²) in [5, 5.41) is 0. The van der Waals surface area contributed by atoms with Crippen LogP contribution in [0.4, 0.5) is 0 Å². The summed E-state index contributed by atoms with van der Waals surface area (Å²) in [6.45, 7) is 8.53. The number of hydrogen-bond donors (Lipinski definition) is 0. The van der Waals surface area contributed by atoms with Crippen molar-refractivity contribution in [1.29, 1.82) is 0 Å². The average molecular weight is 243 g/mol. The van der Waals surface area contributed by atoms with Gasteiger partial charge in [0.15, 0.2) is 0 Å². The normalized spacial score (nSPS) is 10.9. The molecule has 0 aliphatic heterocycles. The molecule has 0 aliphatic carbocycles. The van der Waals surface area contributed by atoms with Crippen LogP contribution < -0.4 is 0 Å². The average Bonchev–Trinajstić information content (AvgIpc) is 2.76. The van der Waals surface area contributed by atoms with E-state index in [1.165, 1.54) is 11.1 Å². The van der Waals surface area contributed by atoms with E-state index in [0.717, 1.165) is 42.2 Å². The van der Waals surface area contributed by atoms with Crippen molar-refractivity contribution in [1.82, 2.24) is 4.98 Å². The van der Waals surface area contributed by atoms with Crippen LogP contribution in [0.2, 0.25) is 0 Å². The quantitative estimate of drug-likeness (QED) is 0.791. The molecule has 0 spiro atoms. The van der Waals surface area contributed by atoms with Gasteiger partial charge in [-0.3, -0.25) is 0 Å². The lowest BCUT2D eigenvalue weighted by Crippen LogP contribution is -1.89. The number of nitrogens with zero attached hydrogens (tertiary/aromatic N) is 1. The van der Waals surface area contributed by atoms with E-state index >= 15 is 0 Å². The van der Waals surface area contributed by atoms with Gasteiger partial charge in [0.2, 0.25) is 5.89 Å². The predicted molar refractivity (Wildman–Crippen MR) is 74.8 cm³/mol. The molecule has 96 valence electrons. The number of aryl methyl sites for hydroxylation is 4. The zero-order chi connectivity index (χ0) is 13.1. The molecule has 0 unspecified atom stereocenters. The molecule has 0 saturated carbocycles. The first-order valence-corrected chi connectivity index (χ1v) is 6.71. The van der Waals surface area contributed by atoms with E-state index < -0.39 is 0 Å². The van der Waals surface area contributed by atoms with Gasteiger partial charge in [0.05, 0.1) is 5.69 Å². The van der Waals surface area contributed by atoms with Gasteiger partial charge in [-0.2, -0.15) is 0 Å². The molecule has 2 heteroatoms. The maximum atomic E-state index is 5.89. The Morgan fingerprint density at radius 1 is 1.11 bits per heavy atom. The highest BCUT2D eigenvalue weighted by atomic mass is 16.4. The Hall–Kier alpha value is -1.57. The summed E-state index contributed by atoms with van der Waals surface area (Å²) in [6.07, 6.45) is 3.01. The first kappa shape index (κ1) is 12.9. The molecule has 1 heterocycles. The van der Waals surface area contributed by atoms with E-state index in [-0.39, 0.29) is 0 Å². The highest BCUT2D eigenvalue weighted by molar-refractivity contribution is 5.56. The highest BCUT2D eigenvalue weighted by Crippen LogP contribution is 2.25. The number of aromatic nitrogens is 1. The number of rotatable bonds is 4. The summed E-state index contributed by atoms with van der Waals surface area (Å²) >= 11 is 0. The Morgan fingerprint density at radius 3 is 2.50 bits per heavy atom. The first-order valence-electron chi connectivity index (χ1n) is 6.71. The minimum atomic E-state index is 0.762. The van der Waals surface area contributed by atoms with Crippen LogP contribution in [0.25, 0.3) is 11.5 Å². The van der Waals surface area contributed by atoms with E-state index in [9.17, 15) is 0 Å². The van der Waals surface area contributed by atoms with Crippen molar-refractivity contribution in [2.24, 2.45) is 0 Å². The summed E-state index contributed by atoms with van der Waals surface area (Å²) in [4.78, 5) is 4.65. The summed E-state index contributed by atoms with van der Waals surface area (Å²) in [7, 11) is 0. The molecule has 1 aromatic carbocycles. The van der Waals surface area contributed by atoms with Gasteiger partial charge in [-0.15, -0.1) is 0 Å². The standard InChI is InChI=1S/C16H21NO/c1-5-7-14-15(6-2)18-16(17-14)13-9-8-11(3)12(4)10-13/h8-10H,5-7H2,1-4H3.